The molecule has 20 heavy (non-hydrogen) atoms. The van der Waals surface area contributed by atoms with E-state index in [0.29, 0.717) is 12.2 Å². The summed E-state index contributed by atoms with van der Waals surface area (Å²) in [6.45, 7) is 2.02. The molecule has 0 saturated carbocycles. The lowest BCUT2D eigenvalue weighted by molar-refractivity contribution is 0.0650. The predicted octanol–water partition coefficient (Wildman–Crippen LogP) is 2.96. The van der Waals surface area contributed by atoms with Crippen LogP contribution in [0.3, 0.4) is 0 Å². The van der Waals surface area contributed by atoms with Crippen molar-refractivity contribution in [3.63, 3.8) is 0 Å². The second-order valence-corrected chi connectivity index (χ2v) is 4.99. The summed E-state index contributed by atoms with van der Waals surface area (Å²) in [6, 6.07) is 7.45. The molecule has 1 aliphatic rings. The van der Waals surface area contributed by atoms with Gasteiger partial charge < -0.3 is 14.6 Å². The number of nitrogens with zero attached hydrogens (tertiary/aromatic N) is 1. The zero-order valence-corrected chi connectivity index (χ0v) is 11.5. The number of benzene rings is 1. The van der Waals surface area contributed by atoms with E-state index in [0.717, 1.165) is 22.4 Å². The Bertz CT molecular complexity index is 627. The summed E-state index contributed by atoms with van der Waals surface area (Å²) in [6.07, 6.45) is 3.38. The Hall–Kier alpha value is -2.07. The lowest BCUT2D eigenvalue weighted by Crippen LogP contribution is -2.20. The Morgan fingerprint density at radius 2 is 2.15 bits per heavy atom. The number of aromatic nitrogens is 1. The van der Waals surface area contributed by atoms with Crippen molar-refractivity contribution in [1.29, 1.82) is 0 Å². The molecule has 0 amide bonds. The molecule has 4 heteroatoms. The first-order valence-electron chi connectivity index (χ1n) is 6.62. The van der Waals surface area contributed by atoms with Crippen molar-refractivity contribution in [3.8, 4) is 11.5 Å². The molecule has 2 aromatic rings. The Balaban J connectivity index is 1.97. The zero-order valence-electron chi connectivity index (χ0n) is 11.5. The van der Waals surface area contributed by atoms with Crippen molar-refractivity contribution in [2.24, 2.45) is 0 Å². The van der Waals surface area contributed by atoms with E-state index in [4.69, 9.17) is 9.47 Å². The number of hydrogen-bond acceptors (Lipinski definition) is 4. The monoisotopic (exact) mass is 271 g/mol. The molecule has 0 aliphatic carbocycles. The Morgan fingerprint density at radius 1 is 1.30 bits per heavy atom. The van der Waals surface area contributed by atoms with E-state index in [-0.39, 0.29) is 6.10 Å². The SMILES string of the molecule is COc1ccc2c(c1)OC(c1cnccc1C)C[C@@H]2O. The van der Waals surface area contributed by atoms with Crippen LogP contribution in [0.2, 0.25) is 0 Å². The fraction of sp³-hybridized carbons (Fsp3) is 0.312. The van der Waals surface area contributed by atoms with Crippen molar-refractivity contribution >= 4 is 0 Å². The van der Waals surface area contributed by atoms with Gasteiger partial charge in [0.2, 0.25) is 0 Å². The highest BCUT2D eigenvalue weighted by Gasteiger charge is 2.29. The average Bonchev–Trinajstić information content (AvgIpc) is 2.47. The molecule has 4 nitrogen and oxygen atoms in total. The number of aliphatic hydroxyl groups is 1. The molecule has 1 N–H and O–H groups in total. The van der Waals surface area contributed by atoms with Gasteiger partial charge in [0.05, 0.1) is 13.2 Å². The van der Waals surface area contributed by atoms with Gasteiger partial charge in [-0.25, -0.2) is 0 Å². The van der Waals surface area contributed by atoms with E-state index in [1.807, 2.05) is 31.2 Å². The Labute approximate surface area is 118 Å². The van der Waals surface area contributed by atoms with Crippen LogP contribution in [0.25, 0.3) is 0 Å². The van der Waals surface area contributed by atoms with E-state index in [1.54, 1.807) is 19.5 Å². The number of pyridine rings is 1. The average molecular weight is 271 g/mol. The Kier molecular flexibility index (Phi) is 3.32. The first kappa shape index (κ1) is 12.9. The third-order valence-corrected chi connectivity index (χ3v) is 3.71. The lowest BCUT2D eigenvalue weighted by Gasteiger charge is -2.30. The van der Waals surface area contributed by atoms with Gasteiger partial charge in [0.25, 0.3) is 0 Å². The molecule has 0 radical (unpaired) electrons. The number of hydrogen-bond donors (Lipinski definition) is 1. The van der Waals surface area contributed by atoms with Crippen LogP contribution in [-0.4, -0.2) is 17.2 Å². The van der Waals surface area contributed by atoms with Crippen molar-refractivity contribution in [3.05, 3.63) is 53.3 Å². The predicted molar refractivity (Wildman–Crippen MR) is 74.9 cm³/mol. The quantitative estimate of drug-likeness (QED) is 0.912. The molecule has 2 atom stereocenters. The highest BCUT2D eigenvalue weighted by Crippen LogP contribution is 2.42. The van der Waals surface area contributed by atoms with Crippen molar-refractivity contribution in [2.45, 2.75) is 25.6 Å². The van der Waals surface area contributed by atoms with Crippen LogP contribution in [0.15, 0.2) is 36.7 Å². The smallest absolute Gasteiger partial charge is 0.129 e. The number of aliphatic hydroxyl groups excluding tert-OH is 1. The van der Waals surface area contributed by atoms with Crippen molar-refractivity contribution in [1.82, 2.24) is 4.98 Å². The van der Waals surface area contributed by atoms with Gasteiger partial charge in [-0.1, -0.05) is 0 Å². The molecule has 0 bridgehead atoms. The molecule has 0 spiro atoms. The second-order valence-electron chi connectivity index (χ2n) is 4.99. The molecule has 1 aromatic carbocycles. The van der Waals surface area contributed by atoms with E-state index < -0.39 is 6.10 Å². The van der Waals surface area contributed by atoms with Crippen molar-refractivity contribution in [2.75, 3.05) is 7.11 Å². The fourth-order valence-corrected chi connectivity index (χ4v) is 2.55. The van der Waals surface area contributed by atoms with Gasteiger partial charge in [0, 0.05) is 36.0 Å². The number of aryl methyl sites for hydroxylation is 1. The van der Waals surface area contributed by atoms with Crippen LogP contribution < -0.4 is 9.47 Å². The third kappa shape index (κ3) is 2.23. The molecular weight excluding hydrogens is 254 g/mol. The standard InChI is InChI=1S/C16H17NO3/c1-10-5-6-17-9-13(10)16-8-14(18)12-4-3-11(19-2)7-15(12)20-16/h3-7,9,14,16,18H,8H2,1-2H3/t14-,16?/m0/s1. The third-order valence-electron chi connectivity index (χ3n) is 3.71. The molecular formula is C16H17NO3. The summed E-state index contributed by atoms with van der Waals surface area (Å²) in [5.74, 6) is 1.40. The molecule has 1 aliphatic heterocycles. The summed E-state index contributed by atoms with van der Waals surface area (Å²) in [5, 5.41) is 10.3. The normalized spacial score (nSPS) is 20.9. The molecule has 1 aromatic heterocycles. The van der Waals surface area contributed by atoms with Gasteiger partial charge in [-0.3, -0.25) is 4.98 Å². The van der Waals surface area contributed by atoms with E-state index in [2.05, 4.69) is 4.98 Å². The van der Waals surface area contributed by atoms with Gasteiger partial charge in [0.1, 0.15) is 17.6 Å². The van der Waals surface area contributed by atoms with Gasteiger partial charge in [-0.2, -0.15) is 0 Å². The van der Waals surface area contributed by atoms with E-state index in [9.17, 15) is 5.11 Å². The highest BCUT2D eigenvalue weighted by atomic mass is 16.5. The number of fused-ring (bicyclic) bond motifs is 1. The highest BCUT2D eigenvalue weighted by molar-refractivity contribution is 5.44. The molecule has 1 unspecified atom stereocenters. The Morgan fingerprint density at radius 3 is 2.90 bits per heavy atom. The zero-order chi connectivity index (χ0) is 14.1. The topological polar surface area (TPSA) is 51.6 Å². The minimum Gasteiger partial charge on any atom is -0.497 e. The lowest BCUT2D eigenvalue weighted by atomic mass is 9.94. The first-order chi connectivity index (χ1) is 9.69. The van der Waals surface area contributed by atoms with Crippen LogP contribution in [0.5, 0.6) is 11.5 Å². The number of methoxy groups -OCH3 is 1. The van der Waals surface area contributed by atoms with Crippen LogP contribution in [0.4, 0.5) is 0 Å². The van der Waals surface area contributed by atoms with Gasteiger partial charge in [-0.05, 0) is 30.7 Å². The maximum absolute atomic E-state index is 10.3. The van der Waals surface area contributed by atoms with Gasteiger partial charge >= 0.3 is 0 Å². The molecule has 104 valence electrons. The van der Waals surface area contributed by atoms with Crippen LogP contribution >= 0.6 is 0 Å². The van der Waals surface area contributed by atoms with Crippen LogP contribution in [0.1, 0.15) is 35.3 Å². The minimum absolute atomic E-state index is 0.182. The first-order valence-corrected chi connectivity index (χ1v) is 6.62. The van der Waals surface area contributed by atoms with Crippen molar-refractivity contribution < 1.29 is 14.6 Å². The summed E-state index contributed by atoms with van der Waals surface area (Å²) in [7, 11) is 1.61. The molecule has 0 saturated heterocycles. The summed E-state index contributed by atoms with van der Waals surface area (Å²) < 4.78 is 11.2. The molecule has 2 heterocycles. The number of ether oxygens (including phenoxy) is 2. The van der Waals surface area contributed by atoms with E-state index >= 15 is 0 Å². The van der Waals surface area contributed by atoms with E-state index in [1.165, 1.54) is 0 Å². The van der Waals surface area contributed by atoms with Gasteiger partial charge in [0.15, 0.2) is 0 Å². The maximum atomic E-state index is 10.3. The minimum atomic E-state index is -0.533. The fourth-order valence-electron chi connectivity index (χ4n) is 2.55. The van der Waals surface area contributed by atoms with Crippen LogP contribution in [-0.2, 0) is 0 Å². The molecule has 0 fully saturated rings. The summed E-state index contributed by atoms with van der Waals surface area (Å²) in [4.78, 5) is 4.15. The summed E-state index contributed by atoms with van der Waals surface area (Å²) >= 11 is 0. The summed E-state index contributed by atoms with van der Waals surface area (Å²) in [5.41, 5.74) is 2.94. The maximum Gasteiger partial charge on any atom is 0.129 e. The largest absolute Gasteiger partial charge is 0.497 e. The van der Waals surface area contributed by atoms with Crippen LogP contribution in [0, 0.1) is 6.92 Å². The number of rotatable bonds is 2. The molecule has 3 rings (SSSR count). The van der Waals surface area contributed by atoms with Gasteiger partial charge in [-0.15, -0.1) is 0 Å². The second kappa shape index (κ2) is 5.13.